The molecule has 1 aromatic rings. The Morgan fingerprint density at radius 1 is 1.11 bits per heavy atom. The van der Waals surface area contributed by atoms with Gasteiger partial charge in [-0.3, -0.25) is 0 Å². The lowest BCUT2D eigenvalue weighted by Crippen LogP contribution is -2.22. The maximum atomic E-state index is 6.03. The topological polar surface area (TPSA) is 30.5 Å². The molecule has 0 aliphatic heterocycles. The van der Waals surface area contributed by atoms with E-state index in [4.69, 9.17) is 9.47 Å². The number of hydrogen-bond donors (Lipinski definition) is 1. The van der Waals surface area contributed by atoms with E-state index >= 15 is 0 Å². The molecule has 0 spiro atoms. The monoisotopic (exact) mass is 265 g/mol. The summed E-state index contributed by atoms with van der Waals surface area (Å²) < 4.78 is 11.4. The lowest BCUT2D eigenvalue weighted by Gasteiger charge is -2.19. The summed E-state index contributed by atoms with van der Waals surface area (Å²) in [7, 11) is 1.68. The Morgan fingerprint density at radius 3 is 2.32 bits per heavy atom. The molecule has 1 rings (SSSR count). The molecule has 0 atom stereocenters. The van der Waals surface area contributed by atoms with Gasteiger partial charge >= 0.3 is 0 Å². The van der Waals surface area contributed by atoms with Gasteiger partial charge in [0.1, 0.15) is 0 Å². The van der Waals surface area contributed by atoms with Crippen LogP contribution in [0.3, 0.4) is 0 Å². The fraction of sp³-hybridized carbons (Fsp3) is 0.625. The van der Waals surface area contributed by atoms with Gasteiger partial charge in [0.2, 0.25) is 0 Å². The van der Waals surface area contributed by atoms with Crippen molar-refractivity contribution in [1.29, 1.82) is 0 Å². The van der Waals surface area contributed by atoms with Crippen molar-refractivity contribution in [2.24, 2.45) is 0 Å². The van der Waals surface area contributed by atoms with Crippen LogP contribution in [0.15, 0.2) is 18.2 Å². The van der Waals surface area contributed by atoms with Crippen LogP contribution in [-0.2, 0) is 6.54 Å². The van der Waals surface area contributed by atoms with Gasteiger partial charge < -0.3 is 14.8 Å². The molecular weight excluding hydrogens is 238 g/mol. The van der Waals surface area contributed by atoms with Crippen LogP contribution in [0.4, 0.5) is 0 Å². The van der Waals surface area contributed by atoms with E-state index < -0.39 is 0 Å². The molecule has 0 aromatic heterocycles. The lowest BCUT2D eigenvalue weighted by atomic mass is 10.1. The zero-order chi connectivity index (χ0) is 14.3. The summed E-state index contributed by atoms with van der Waals surface area (Å²) in [6, 6.07) is 6.61. The Balaban J connectivity index is 2.83. The van der Waals surface area contributed by atoms with Gasteiger partial charge in [0, 0.05) is 12.6 Å². The van der Waals surface area contributed by atoms with Crippen molar-refractivity contribution in [3.05, 3.63) is 23.8 Å². The highest BCUT2D eigenvalue weighted by Gasteiger charge is 2.11. The second kappa shape index (κ2) is 8.05. The van der Waals surface area contributed by atoms with Gasteiger partial charge in [-0.15, -0.1) is 0 Å². The number of rotatable bonds is 8. The van der Waals surface area contributed by atoms with Gasteiger partial charge in [-0.2, -0.15) is 0 Å². The molecule has 1 N–H and O–H groups in total. The molecule has 0 heterocycles. The summed E-state index contributed by atoms with van der Waals surface area (Å²) in [4.78, 5) is 0. The SMILES string of the molecule is CCC(CC)Oc1cc(CNC(C)C)ccc1OC. The average Bonchev–Trinajstić information content (AvgIpc) is 2.42. The van der Waals surface area contributed by atoms with Gasteiger partial charge in [-0.25, -0.2) is 0 Å². The fourth-order valence-electron chi connectivity index (χ4n) is 1.88. The van der Waals surface area contributed by atoms with Crippen molar-refractivity contribution in [2.75, 3.05) is 7.11 Å². The van der Waals surface area contributed by atoms with Crippen molar-refractivity contribution in [3.8, 4) is 11.5 Å². The Morgan fingerprint density at radius 2 is 1.79 bits per heavy atom. The quantitative estimate of drug-likeness (QED) is 0.776. The maximum absolute atomic E-state index is 6.03. The molecule has 0 amide bonds. The van der Waals surface area contributed by atoms with Crippen molar-refractivity contribution in [3.63, 3.8) is 0 Å². The summed E-state index contributed by atoms with van der Waals surface area (Å²) in [6.07, 6.45) is 2.27. The van der Waals surface area contributed by atoms with Crippen LogP contribution < -0.4 is 14.8 Å². The summed E-state index contributed by atoms with van der Waals surface area (Å²) in [6.45, 7) is 9.42. The Hall–Kier alpha value is -1.22. The minimum absolute atomic E-state index is 0.252. The third-order valence-corrected chi connectivity index (χ3v) is 3.15. The highest BCUT2D eigenvalue weighted by Crippen LogP contribution is 2.29. The van der Waals surface area contributed by atoms with Crippen LogP contribution in [0.25, 0.3) is 0 Å². The molecule has 3 nitrogen and oxygen atoms in total. The predicted molar refractivity (Wildman–Crippen MR) is 80.0 cm³/mol. The average molecular weight is 265 g/mol. The largest absolute Gasteiger partial charge is 0.493 e. The number of ether oxygens (including phenoxy) is 2. The van der Waals surface area contributed by atoms with E-state index in [0.717, 1.165) is 30.9 Å². The number of hydrogen-bond acceptors (Lipinski definition) is 3. The van der Waals surface area contributed by atoms with Gasteiger partial charge in [0.25, 0.3) is 0 Å². The third kappa shape index (κ3) is 5.11. The lowest BCUT2D eigenvalue weighted by molar-refractivity contribution is 0.185. The van der Waals surface area contributed by atoms with Crippen molar-refractivity contribution in [1.82, 2.24) is 5.32 Å². The van der Waals surface area contributed by atoms with Gasteiger partial charge in [0.05, 0.1) is 13.2 Å². The molecule has 0 radical (unpaired) electrons. The molecule has 0 saturated carbocycles. The second-order valence-corrected chi connectivity index (χ2v) is 5.08. The zero-order valence-electron chi connectivity index (χ0n) is 12.8. The van der Waals surface area contributed by atoms with E-state index in [1.807, 2.05) is 6.07 Å². The molecule has 0 unspecified atom stereocenters. The first-order valence-corrected chi connectivity index (χ1v) is 7.17. The normalized spacial score (nSPS) is 11.1. The minimum atomic E-state index is 0.252. The number of benzene rings is 1. The van der Waals surface area contributed by atoms with Crippen LogP contribution in [0, 0.1) is 0 Å². The molecule has 108 valence electrons. The summed E-state index contributed by atoms with van der Waals surface area (Å²) in [5.41, 5.74) is 1.22. The highest BCUT2D eigenvalue weighted by atomic mass is 16.5. The first-order valence-electron chi connectivity index (χ1n) is 7.17. The van der Waals surface area contributed by atoms with E-state index in [1.54, 1.807) is 7.11 Å². The molecule has 1 aromatic carbocycles. The summed E-state index contributed by atoms with van der Waals surface area (Å²) in [5.74, 6) is 1.65. The van der Waals surface area contributed by atoms with E-state index in [-0.39, 0.29) is 6.10 Å². The van der Waals surface area contributed by atoms with Gasteiger partial charge in [0.15, 0.2) is 11.5 Å². The smallest absolute Gasteiger partial charge is 0.161 e. The van der Waals surface area contributed by atoms with Crippen LogP contribution >= 0.6 is 0 Å². The van der Waals surface area contributed by atoms with E-state index in [0.29, 0.717) is 6.04 Å². The van der Waals surface area contributed by atoms with Gasteiger partial charge in [-0.1, -0.05) is 33.8 Å². The zero-order valence-corrected chi connectivity index (χ0v) is 12.8. The highest BCUT2D eigenvalue weighted by molar-refractivity contribution is 5.43. The molecule has 19 heavy (non-hydrogen) atoms. The number of methoxy groups -OCH3 is 1. The Bertz CT molecular complexity index is 373. The van der Waals surface area contributed by atoms with Crippen molar-refractivity contribution >= 4 is 0 Å². The molecule has 0 aliphatic rings. The maximum Gasteiger partial charge on any atom is 0.161 e. The molecule has 0 bridgehead atoms. The molecule has 0 aliphatic carbocycles. The predicted octanol–water partition coefficient (Wildman–Crippen LogP) is 3.76. The van der Waals surface area contributed by atoms with E-state index in [2.05, 4.69) is 45.1 Å². The fourth-order valence-corrected chi connectivity index (χ4v) is 1.88. The first-order chi connectivity index (χ1) is 9.10. The van der Waals surface area contributed by atoms with Gasteiger partial charge in [-0.05, 0) is 30.5 Å². The molecule has 0 saturated heterocycles. The van der Waals surface area contributed by atoms with Crippen LogP contribution in [0.1, 0.15) is 46.1 Å². The molecular formula is C16H27NO2. The first kappa shape index (κ1) is 15.8. The number of nitrogens with one attached hydrogen (secondary N) is 1. The van der Waals surface area contributed by atoms with Crippen molar-refractivity contribution < 1.29 is 9.47 Å². The van der Waals surface area contributed by atoms with Crippen molar-refractivity contribution in [2.45, 2.75) is 59.2 Å². The molecule has 0 fully saturated rings. The standard InChI is InChI=1S/C16H27NO2/c1-6-14(7-2)19-16-10-13(11-17-12(3)4)8-9-15(16)18-5/h8-10,12,14,17H,6-7,11H2,1-5H3. The molecule has 3 heteroatoms. The Labute approximate surface area is 117 Å². The van der Waals surface area contributed by atoms with Crippen LogP contribution in [0.5, 0.6) is 11.5 Å². The summed E-state index contributed by atoms with van der Waals surface area (Å²) in [5, 5.41) is 3.41. The second-order valence-electron chi connectivity index (χ2n) is 5.08. The van der Waals surface area contributed by atoms with Crippen LogP contribution in [0.2, 0.25) is 0 Å². The van der Waals surface area contributed by atoms with E-state index in [1.165, 1.54) is 5.56 Å². The van der Waals surface area contributed by atoms with Crippen LogP contribution in [-0.4, -0.2) is 19.3 Å². The summed E-state index contributed by atoms with van der Waals surface area (Å²) >= 11 is 0. The third-order valence-electron chi connectivity index (χ3n) is 3.15. The van der Waals surface area contributed by atoms with E-state index in [9.17, 15) is 0 Å². The minimum Gasteiger partial charge on any atom is -0.493 e. The Kier molecular flexibility index (Phi) is 6.71.